The van der Waals surface area contributed by atoms with Crippen molar-refractivity contribution in [1.29, 1.82) is 0 Å². The highest BCUT2D eigenvalue weighted by molar-refractivity contribution is 7.09. The largest absolute Gasteiger partial charge is 0.366 e. The Morgan fingerprint density at radius 2 is 2.00 bits per heavy atom. The number of fused-ring (bicyclic) bond motifs is 1. The van der Waals surface area contributed by atoms with Gasteiger partial charge in [0.05, 0.1) is 12.1 Å². The first-order valence-corrected chi connectivity index (χ1v) is 7.62. The van der Waals surface area contributed by atoms with E-state index in [1.807, 2.05) is 36.4 Å². The van der Waals surface area contributed by atoms with E-state index >= 15 is 0 Å². The number of anilines is 2. The summed E-state index contributed by atoms with van der Waals surface area (Å²) in [6.45, 7) is 5.13. The van der Waals surface area contributed by atoms with Gasteiger partial charge >= 0.3 is 0 Å². The van der Waals surface area contributed by atoms with E-state index in [1.165, 1.54) is 4.88 Å². The van der Waals surface area contributed by atoms with Gasteiger partial charge in [0.2, 0.25) is 5.95 Å². The molecule has 2 N–H and O–H groups in total. The quantitative estimate of drug-likeness (QED) is 0.677. The molecule has 4 nitrogen and oxygen atoms in total. The van der Waals surface area contributed by atoms with E-state index < -0.39 is 0 Å². The molecule has 0 aliphatic heterocycles. The molecule has 0 radical (unpaired) electrons. The topological polar surface area (TPSA) is 49.8 Å². The van der Waals surface area contributed by atoms with Crippen LogP contribution in [0.3, 0.4) is 0 Å². The van der Waals surface area contributed by atoms with Crippen molar-refractivity contribution in [3.63, 3.8) is 0 Å². The van der Waals surface area contributed by atoms with Crippen molar-refractivity contribution >= 4 is 34.0 Å². The number of nitrogens with one attached hydrogen (secondary N) is 2. The Kier molecular flexibility index (Phi) is 4.12. The van der Waals surface area contributed by atoms with E-state index in [2.05, 4.69) is 38.6 Å². The Balaban J connectivity index is 1.89. The van der Waals surface area contributed by atoms with Crippen molar-refractivity contribution < 1.29 is 0 Å². The van der Waals surface area contributed by atoms with Gasteiger partial charge in [0.15, 0.2) is 0 Å². The molecular formula is C16H16N4S. The van der Waals surface area contributed by atoms with Crippen LogP contribution in [0.1, 0.15) is 4.88 Å². The average Bonchev–Trinajstić information content (AvgIpc) is 3.04. The predicted molar refractivity (Wildman–Crippen MR) is 89.9 cm³/mol. The van der Waals surface area contributed by atoms with E-state index in [-0.39, 0.29) is 0 Å². The monoisotopic (exact) mass is 296 g/mol. The molecule has 0 amide bonds. The molecule has 2 heterocycles. The van der Waals surface area contributed by atoms with E-state index in [9.17, 15) is 0 Å². The maximum absolute atomic E-state index is 4.56. The number of benzene rings is 1. The van der Waals surface area contributed by atoms with Crippen LogP contribution in [-0.4, -0.2) is 16.5 Å². The van der Waals surface area contributed by atoms with Gasteiger partial charge in [0.1, 0.15) is 5.82 Å². The molecule has 0 aliphatic carbocycles. The summed E-state index contributed by atoms with van der Waals surface area (Å²) in [4.78, 5) is 10.4. The number of hydrogen-bond acceptors (Lipinski definition) is 5. The summed E-state index contributed by atoms with van der Waals surface area (Å²) in [5.41, 5.74) is 0.924. The number of hydrogen-bond donors (Lipinski definition) is 2. The van der Waals surface area contributed by atoms with Crippen LogP contribution in [0.5, 0.6) is 0 Å². The Bertz CT molecular complexity index is 737. The number of para-hydroxylation sites is 1. The second-order valence-corrected chi connectivity index (χ2v) is 5.55. The summed E-state index contributed by atoms with van der Waals surface area (Å²) in [6, 6.07) is 12.1. The molecule has 0 unspecified atom stereocenters. The minimum absolute atomic E-state index is 0.633. The standard InChI is InChI=1S/C16H16N4S/c1-2-9-17-15-13-7-3-4-8-14(13)19-16(20-15)18-11-12-6-5-10-21-12/h2-8,10H,1,9,11H2,(H2,17,18,19,20). The van der Waals surface area contributed by atoms with Crippen LogP contribution in [0.2, 0.25) is 0 Å². The Morgan fingerprint density at radius 1 is 1.10 bits per heavy atom. The van der Waals surface area contributed by atoms with Crippen molar-refractivity contribution in [2.45, 2.75) is 6.54 Å². The molecule has 3 rings (SSSR count). The summed E-state index contributed by atoms with van der Waals surface area (Å²) in [5, 5.41) is 9.62. The summed E-state index contributed by atoms with van der Waals surface area (Å²) in [5.74, 6) is 1.46. The minimum atomic E-state index is 0.633. The van der Waals surface area contributed by atoms with E-state index in [0.717, 1.165) is 23.3 Å². The van der Waals surface area contributed by atoms with E-state index in [4.69, 9.17) is 0 Å². The number of thiophene rings is 1. The second-order valence-electron chi connectivity index (χ2n) is 4.52. The molecule has 0 saturated heterocycles. The molecule has 21 heavy (non-hydrogen) atoms. The highest BCUT2D eigenvalue weighted by Gasteiger charge is 2.06. The van der Waals surface area contributed by atoms with Crippen molar-refractivity contribution in [2.75, 3.05) is 17.2 Å². The van der Waals surface area contributed by atoms with Gasteiger partial charge in [0.25, 0.3) is 0 Å². The van der Waals surface area contributed by atoms with Gasteiger partial charge in [-0.1, -0.05) is 24.3 Å². The third kappa shape index (κ3) is 3.20. The normalized spacial score (nSPS) is 10.5. The maximum Gasteiger partial charge on any atom is 0.225 e. The van der Waals surface area contributed by atoms with Crippen LogP contribution < -0.4 is 10.6 Å². The fourth-order valence-electron chi connectivity index (χ4n) is 2.04. The minimum Gasteiger partial charge on any atom is -0.366 e. The zero-order chi connectivity index (χ0) is 14.5. The lowest BCUT2D eigenvalue weighted by atomic mass is 10.2. The highest BCUT2D eigenvalue weighted by atomic mass is 32.1. The molecule has 106 valence electrons. The lowest BCUT2D eigenvalue weighted by molar-refractivity contribution is 1.09. The van der Waals surface area contributed by atoms with Gasteiger partial charge in [0, 0.05) is 16.8 Å². The van der Waals surface area contributed by atoms with Gasteiger partial charge in [-0.05, 0) is 23.6 Å². The maximum atomic E-state index is 4.56. The molecule has 5 heteroatoms. The van der Waals surface area contributed by atoms with Gasteiger partial charge in [-0.2, -0.15) is 4.98 Å². The van der Waals surface area contributed by atoms with Crippen molar-refractivity contribution in [3.05, 3.63) is 59.3 Å². The molecule has 0 atom stereocenters. The zero-order valence-corrected chi connectivity index (χ0v) is 12.4. The van der Waals surface area contributed by atoms with Gasteiger partial charge in [-0.3, -0.25) is 0 Å². The van der Waals surface area contributed by atoms with Crippen molar-refractivity contribution in [2.24, 2.45) is 0 Å². The van der Waals surface area contributed by atoms with Gasteiger partial charge in [-0.15, -0.1) is 17.9 Å². The fraction of sp³-hybridized carbons (Fsp3) is 0.125. The SMILES string of the molecule is C=CCNc1nc(NCc2cccs2)nc2ccccc12. The Hall–Kier alpha value is -2.40. The third-order valence-electron chi connectivity index (χ3n) is 3.02. The molecule has 0 saturated carbocycles. The van der Waals surface area contributed by atoms with Gasteiger partial charge in [-0.25, -0.2) is 4.98 Å². The molecule has 2 aromatic heterocycles. The smallest absolute Gasteiger partial charge is 0.225 e. The first-order valence-electron chi connectivity index (χ1n) is 6.74. The summed E-state index contributed by atoms with van der Waals surface area (Å²) in [6.07, 6.45) is 1.82. The molecule has 0 spiro atoms. The van der Waals surface area contributed by atoms with Crippen LogP contribution in [0, 0.1) is 0 Å². The molecule has 0 aliphatic rings. The van der Waals surface area contributed by atoms with Crippen LogP contribution >= 0.6 is 11.3 Å². The molecular weight excluding hydrogens is 280 g/mol. The number of aromatic nitrogens is 2. The van der Waals surface area contributed by atoms with Crippen molar-refractivity contribution in [3.8, 4) is 0 Å². The van der Waals surface area contributed by atoms with Crippen LogP contribution in [0.15, 0.2) is 54.4 Å². The fourth-order valence-corrected chi connectivity index (χ4v) is 2.68. The lowest BCUT2D eigenvalue weighted by Crippen LogP contribution is -2.07. The van der Waals surface area contributed by atoms with Crippen molar-refractivity contribution in [1.82, 2.24) is 9.97 Å². The summed E-state index contributed by atoms with van der Waals surface area (Å²) in [7, 11) is 0. The average molecular weight is 296 g/mol. The second kappa shape index (κ2) is 6.37. The number of nitrogens with zero attached hydrogens (tertiary/aromatic N) is 2. The summed E-state index contributed by atoms with van der Waals surface area (Å²) >= 11 is 1.72. The van der Waals surface area contributed by atoms with E-state index in [1.54, 1.807) is 11.3 Å². The first-order chi connectivity index (χ1) is 10.4. The number of rotatable bonds is 6. The predicted octanol–water partition coefficient (Wildman–Crippen LogP) is 3.90. The van der Waals surface area contributed by atoms with Crippen LogP contribution in [0.25, 0.3) is 10.9 Å². The zero-order valence-electron chi connectivity index (χ0n) is 11.5. The van der Waals surface area contributed by atoms with Crippen LogP contribution in [0.4, 0.5) is 11.8 Å². The highest BCUT2D eigenvalue weighted by Crippen LogP contribution is 2.22. The lowest BCUT2D eigenvalue weighted by Gasteiger charge is -2.10. The third-order valence-corrected chi connectivity index (χ3v) is 3.89. The van der Waals surface area contributed by atoms with E-state index in [0.29, 0.717) is 12.5 Å². The Labute approximate surface area is 127 Å². The first kappa shape index (κ1) is 13.6. The molecule has 0 fully saturated rings. The van der Waals surface area contributed by atoms with Gasteiger partial charge < -0.3 is 10.6 Å². The Morgan fingerprint density at radius 3 is 2.81 bits per heavy atom. The summed E-state index contributed by atoms with van der Waals surface area (Å²) < 4.78 is 0. The molecule has 1 aromatic carbocycles. The van der Waals surface area contributed by atoms with Crippen LogP contribution in [-0.2, 0) is 6.54 Å². The molecule has 0 bridgehead atoms. The molecule has 3 aromatic rings.